The first kappa shape index (κ1) is 29.8. The summed E-state index contributed by atoms with van der Waals surface area (Å²) in [6, 6.07) is 0. The molecule has 4 fully saturated rings. The first-order chi connectivity index (χ1) is 15.9. The molecule has 0 aromatic carbocycles. The molecule has 2 atom stereocenters. The molecule has 4 saturated heterocycles. The number of likely N-dealkylation sites (tertiary alicyclic amines) is 1. The van der Waals surface area contributed by atoms with Gasteiger partial charge in [-0.15, -0.1) is 0 Å². The van der Waals surface area contributed by atoms with Crippen LogP contribution in [0.1, 0.15) is 72.6 Å². The Kier molecular flexibility index (Phi) is 16.4. The highest BCUT2D eigenvalue weighted by Crippen LogP contribution is 2.11. The Labute approximate surface area is 201 Å². The largest absolute Gasteiger partial charge is 0.392 e. The van der Waals surface area contributed by atoms with Gasteiger partial charge in [0.25, 0.3) is 0 Å². The zero-order chi connectivity index (χ0) is 24.5. The number of aliphatic hydroxyl groups excluding tert-OH is 1. The second-order valence-electron chi connectivity index (χ2n) is 9.12. The van der Waals surface area contributed by atoms with Crippen LogP contribution in [0.5, 0.6) is 0 Å². The minimum Gasteiger partial charge on any atom is -0.392 e. The number of nitrogens with zero attached hydrogens (tertiary/aromatic N) is 3. The summed E-state index contributed by atoms with van der Waals surface area (Å²) >= 11 is 0. The number of piperidine rings is 1. The molecule has 0 aromatic rings. The van der Waals surface area contributed by atoms with Gasteiger partial charge in [-0.25, -0.2) is 0 Å². The van der Waals surface area contributed by atoms with Crippen LogP contribution in [0.15, 0.2) is 0 Å². The van der Waals surface area contributed by atoms with E-state index in [2.05, 4.69) is 11.8 Å². The summed E-state index contributed by atoms with van der Waals surface area (Å²) in [5.41, 5.74) is 0. The van der Waals surface area contributed by atoms with E-state index >= 15 is 0 Å². The highest BCUT2D eigenvalue weighted by molar-refractivity contribution is 5.73. The highest BCUT2D eigenvalue weighted by Gasteiger charge is 2.20. The minimum absolute atomic E-state index is 0.153. The smallest absolute Gasteiger partial charge is 0.219 e. The molecule has 33 heavy (non-hydrogen) atoms. The van der Waals surface area contributed by atoms with Crippen LogP contribution in [-0.2, 0) is 19.1 Å². The highest BCUT2D eigenvalue weighted by atomic mass is 16.6. The molecule has 4 aliphatic rings. The van der Waals surface area contributed by atoms with Gasteiger partial charge in [0.05, 0.1) is 18.8 Å². The first-order valence-electron chi connectivity index (χ1n) is 13.0. The van der Waals surface area contributed by atoms with Crippen molar-refractivity contribution in [1.29, 1.82) is 0 Å². The molecule has 8 heteroatoms. The van der Waals surface area contributed by atoms with E-state index in [9.17, 15) is 14.7 Å². The molecule has 4 aliphatic heterocycles. The number of rotatable bonds is 4. The van der Waals surface area contributed by atoms with Gasteiger partial charge in [0, 0.05) is 72.9 Å². The summed E-state index contributed by atoms with van der Waals surface area (Å²) in [5.74, 6) is 0.385. The second-order valence-corrected chi connectivity index (χ2v) is 9.12. The third-order valence-corrected chi connectivity index (χ3v) is 6.24. The molecular weight excluding hydrogens is 422 g/mol. The third-order valence-electron chi connectivity index (χ3n) is 6.24. The maximum atomic E-state index is 11.0. The molecule has 0 aliphatic carbocycles. The van der Waals surface area contributed by atoms with Gasteiger partial charge in [-0.2, -0.15) is 0 Å². The molecule has 1 N–H and O–H groups in total. The summed E-state index contributed by atoms with van der Waals surface area (Å²) in [6.45, 7) is 16.4. The fourth-order valence-electron chi connectivity index (χ4n) is 3.70. The molecule has 194 valence electrons. The van der Waals surface area contributed by atoms with E-state index in [1.807, 2.05) is 16.7 Å². The first-order valence-corrected chi connectivity index (χ1v) is 13.0. The van der Waals surface area contributed by atoms with Crippen LogP contribution in [0.2, 0.25) is 0 Å². The van der Waals surface area contributed by atoms with Crippen molar-refractivity contribution in [2.75, 3.05) is 65.6 Å². The van der Waals surface area contributed by atoms with Crippen LogP contribution in [0.25, 0.3) is 0 Å². The Hall–Kier alpha value is -1.22. The van der Waals surface area contributed by atoms with E-state index in [4.69, 9.17) is 9.47 Å². The number of carbonyl (C=O) groups is 2. The van der Waals surface area contributed by atoms with Crippen molar-refractivity contribution in [2.24, 2.45) is 0 Å². The Morgan fingerprint density at radius 1 is 0.848 bits per heavy atom. The van der Waals surface area contributed by atoms with Gasteiger partial charge in [-0.3, -0.25) is 14.5 Å². The van der Waals surface area contributed by atoms with Gasteiger partial charge < -0.3 is 24.4 Å². The van der Waals surface area contributed by atoms with Crippen LogP contribution < -0.4 is 0 Å². The summed E-state index contributed by atoms with van der Waals surface area (Å²) in [7, 11) is 0. The lowest BCUT2D eigenvalue weighted by Crippen LogP contribution is -2.49. The van der Waals surface area contributed by atoms with Gasteiger partial charge in [0.2, 0.25) is 11.8 Å². The van der Waals surface area contributed by atoms with Crippen LogP contribution in [-0.4, -0.2) is 109 Å². The van der Waals surface area contributed by atoms with Gasteiger partial charge in [-0.05, 0) is 44.9 Å². The molecule has 2 amide bonds. The average molecular weight is 472 g/mol. The summed E-state index contributed by atoms with van der Waals surface area (Å²) in [5, 5.41) is 9.46. The SMILES string of the molecule is C1CCOC1.CC(=O)N1CCCCC1.CC[C@H](O)CN1CCN(C(C)=O)CC1.CC[C@H]1CO1. The minimum atomic E-state index is -0.223. The lowest BCUT2D eigenvalue weighted by atomic mass is 10.1. The Morgan fingerprint density at radius 2 is 1.36 bits per heavy atom. The lowest BCUT2D eigenvalue weighted by Gasteiger charge is -2.34. The Balaban J connectivity index is 0.000000242. The molecule has 0 saturated carbocycles. The number of amides is 2. The average Bonchev–Trinajstić information content (AvgIpc) is 3.49. The van der Waals surface area contributed by atoms with Gasteiger partial charge in [0.1, 0.15) is 0 Å². The van der Waals surface area contributed by atoms with E-state index in [0.717, 1.165) is 72.1 Å². The number of hydrogen-bond acceptors (Lipinski definition) is 6. The number of ether oxygens (including phenoxy) is 2. The fraction of sp³-hybridized carbons (Fsp3) is 0.920. The van der Waals surface area contributed by atoms with Crippen molar-refractivity contribution in [1.82, 2.24) is 14.7 Å². The van der Waals surface area contributed by atoms with Gasteiger partial charge in [0.15, 0.2) is 0 Å². The van der Waals surface area contributed by atoms with E-state index in [1.54, 1.807) is 13.8 Å². The maximum absolute atomic E-state index is 11.0. The standard InChI is InChI=1S/C10H20N2O2.C7H13NO.2C4H8O/c1-3-10(14)8-11-4-6-12(7-5-11)9(2)13;1-7(9)8-5-3-2-4-6-8;1-2-4-3-5-4;1-2-4-5-3-1/h10,14H,3-8H2,1-2H3;2-6H2,1H3;4H,2-3H2,1H3;1-4H2/t10-;;4-;/m0.0./s1. The van der Waals surface area contributed by atoms with Gasteiger partial charge in [-0.1, -0.05) is 13.8 Å². The Bertz CT molecular complexity index is 505. The zero-order valence-corrected chi connectivity index (χ0v) is 21.6. The number of carbonyl (C=O) groups excluding carboxylic acids is 2. The molecule has 0 aromatic heterocycles. The van der Waals surface area contributed by atoms with Crippen LogP contribution in [0, 0.1) is 0 Å². The molecule has 4 heterocycles. The predicted octanol–water partition coefficient (Wildman–Crippen LogP) is 2.53. The van der Waals surface area contributed by atoms with E-state index in [-0.39, 0.29) is 17.9 Å². The summed E-state index contributed by atoms with van der Waals surface area (Å²) in [6.07, 6.45) is 8.64. The molecule has 4 rings (SSSR count). The summed E-state index contributed by atoms with van der Waals surface area (Å²) in [4.78, 5) is 27.8. The molecule has 8 nitrogen and oxygen atoms in total. The van der Waals surface area contributed by atoms with Crippen molar-refractivity contribution >= 4 is 11.8 Å². The van der Waals surface area contributed by atoms with E-state index in [0.29, 0.717) is 6.10 Å². The predicted molar refractivity (Wildman–Crippen MR) is 131 cm³/mol. The molecule has 0 radical (unpaired) electrons. The number of aliphatic hydroxyl groups is 1. The zero-order valence-electron chi connectivity index (χ0n) is 21.6. The summed E-state index contributed by atoms with van der Waals surface area (Å²) < 4.78 is 9.80. The lowest BCUT2D eigenvalue weighted by molar-refractivity contribution is -0.131. The third kappa shape index (κ3) is 15.3. The number of hydrogen-bond donors (Lipinski definition) is 1. The fourth-order valence-corrected chi connectivity index (χ4v) is 3.70. The van der Waals surface area contributed by atoms with Crippen LogP contribution in [0.3, 0.4) is 0 Å². The molecule has 0 bridgehead atoms. The maximum Gasteiger partial charge on any atom is 0.219 e. The van der Waals surface area contributed by atoms with Gasteiger partial charge >= 0.3 is 0 Å². The number of β-amino-alcohol motifs (C(OH)–C–C–N with tert-alkyl or cyclic N) is 1. The molecular formula is C25H49N3O5. The van der Waals surface area contributed by atoms with Crippen LogP contribution in [0.4, 0.5) is 0 Å². The Morgan fingerprint density at radius 3 is 1.67 bits per heavy atom. The second kappa shape index (κ2) is 18.2. The number of piperazine rings is 1. The topological polar surface area (TPSA) is 85.8 Å². The van der Waals surface area contributed by atoms with Crippen molar-refractivity contribution < 1.29 is 24.2 Å². The van der Waals surface area contributed by atoms with Crippen molar-refractivity contribution in [2.45, 2.75) is 84.8 Å². The number of epoxide rings is 1. The normalized spacial score (nSPS) is 23.1. The van der Waals surface area contributed by atoms with Crippen molar-refractivity contribution in [3.63, 3.8) is 0 Å². The van der Waals surface area contributed by atoms with E-state index < -0.39 is 0 Å². The van der Waals surface area contributed by atoms with Crippen molar-refractivity contribution in [3.8, 4) is 0 Å². The van der Waals surface area contributed by atoms with Crippen LogP contribution >= 0.6 is 0 Å². The quantitative estimate of drug-likeness (QED) is 0.634. The van der Waals surface area contributed by atoms with E-state index in [1.165, 1.54) is 38.5 Å². The molecule has 0 unspecified atom stereocenters. The van der Waals surface area contributed by atoms with Crippen molar-refractivity contribution in [3.05, 3.63) is 0 Å². The monoisotopic (exact) mass is 471 g/mol. The molecule has 0 spiro atoms.